The standard InChI is InChI=1S/C15H13N3O2/c1-11(13-4-2-12(10-16)3-5-13)17-14-6-8-15(9-7-14)18(19)20/h2-9,11,17H,1H3. The van der Waals surface area contributed by atoms with Gasteiger partial charge in [-0.15, -0.1) is 0 Å². The van der Waals surface area contributed by atoms with Gasteiger partial charge in [0.05, 0.1) is 16.6 Å². The van der Waals surface area contributed by atoms with Gasteiger partial charge in [0, 0.05) is 23.9 Å². The van der Waals surface area contributed by atoms with Crippen molar-refractivity contribution in [3.8, 4) is 6.07 Å². The van der Waals surface area contributed by atoms with Crippen LogP contribution in [0.5, 0.6) is 0 Å². The Morgan fingerprint density at radius 1 is 1.15 bits per heavy atom. The zero-order chi connectivity index (χ0) is 14.5. The minimum atomic E-state index is -0.423. The summed E-state index contributed by atoms with van der Waals surface area (Å²) in [5, 5.41) is 22.6. The number of anilines is 1. The van der Waals surface area contributed by atoms with E-state index < -0.39 is 4.92 Å². The molecule has 20 heavy (non-hydrogen) atoms. The zero-order valence-corrected chi connectivity index (χ0v) is 10.9. The lowest BCUT2D eigenvalue weighted by atomic mass is 10.1. The van der Waals surface area contributed by atoms with E-state index >= 15 is 0 Å². The van der Waals surface area contributed by atoms with Crippen molar-refractivity contribution in [2.45, 2.75) is 13.0 Å². The first-order valence-electron chi connectivity index (χ1n) is 6.11. The van der Waals surface area contributed by atoms with Crippen LogP contribution in [0, 0.1) is 21.4 Å². The molecule has 1 N–H and O–H groups in total. The first-order valence-corrected chi connectivity index (χ1v) is 6.11. The second kappa shape index (κ2) is 5.85. The fraction of sp³-hybridized carbons (Fsp3) is 0.133. The van der Waals surface area contributed by atoms with Crippen LogP contribution in [-0.4, -0.2) is 4.92 Å². The predicted octanol–water partition coefficient (Wildman–Crippen LogP) is 3.64. The van der Waals surface area contributed by atoms with Crippen molar-refractivity contribution < 1.29 is 4.92 Å². The summed E-state index contributed by atoms with van der Waals surface area (Å²) < 4.78 is 0. The lowest BCUT2D eigenvalue weighted by Gasteiger charge is -2.15. The number of nitro groups is 1. The fourth-order valence-electron chi connectivity index (χ4n) is 1.86. The van der Waals surface area contributed by atoms with E-state index in [1.807, 2.05) is 19.1 Å². The van der Waals surface area contributed by atoms with Crippen LogP contribution in [0.2, 0.25) is 0 Å². The highest BCUT2D eigenvalue weighted by atomic mass is 16.6. The highest BCUT2D eigenvalue weighted by Crippen LogP contribution is 2.21. The third-order valence-corrected chi connectivity index (χ3v) is 3.00. The van der Waals surface area contributed by atoms with Gasteiger partial charge in [-0.25, -0.2) is 0 Å². The van der Waals surface area contributed by atoms with Crippen molar-refractivity contribution in [1.82, 2.24) is 0 Å². The molecule has 0 amide bonds. The van der Waals surface area contributed by atoms with Gasteiger partial charge in [-0.1, -0.05) is 12.1 Å². The molecule has 0 aliphatic rings. The van der Waals surface area contributed by atoms with Crippen molar-refractivity contribution in [1.29, 1.82) is 5.26 Å². The Morgan fingerprint density at radius 3 is 2.25 bits per heavy atom. The van der Waals surface area contributed by atoms with Crippen LogP contribution in [0.25, 0.3) is 0 Å². The highest BCUT2D eigenvalue weighted by Gasteiger charge is 2.07. The normalized spacial score (nSPS) is 11.4. The first-order chi connectivity index (χ1) is 9.60. The number of nitrogens with zero attached hydrogens (tertiary/aromatic N) is 2. The number of rotatable bonds is 4. The maximum absolute atomic E-state index is 10.6. The van der Waals surface area contributed by atoms with Crippen molar-refractivity contribution in [3.05, 3.63) is 69.8 Å². The molecule has 0 saturated carbocycles. The van der Waals surface area contributed by atoms with E-state index in [9.17, 15) is 10.1 Å². The molecule has 2 aromatic carbocycles. The average Bonchev–Trinajstić information content (AvgIpc) is 2.48. The molecule has 0 aromatic heterocycles. The molecule has 0 radical (unpaired) electrons. The minimum absolute atomic E-state index is 0.0456. The predicted molar refractivity (Wildman–Crippen MR) is 76.3 cm³/mol. The van der Waals surface area contributed by atoms with E-state index in [4.69, 9.17) is 5.26 Å². The zero-order valence-electron chi connectivity index (χ0n) is 10.9. The van der Waals surface area contributed by atoms with Crippen molar-refractivity contribution >= 4 is 11.4 Å². The van der Waals surface area contributed by atoms with Crippen LogP contribution in [-0.2, 0) is 0 Å². The molecule has 2 aromatic rings. The van der Waals surface area contributed by atoms with E-state index in [1.165, 1.54) is 12.1 Å². The summed E-state index contributed by atoms with van der Waals surface area (Å²) >= 11 is 0. The monoisotopic (exact) mass is 267 g/mol. The van der Waals surface area contributed by atoms with Gasteiger partial charge < -0.3 is 5.32 Å². The van der Waals surface area contributed by atoms with Gasteiger partial charge in [-0.3, -0.25) is 10.1 Å². The highest BCUT2D eigenvalue weighted by molar-refractivity contribution is 5.50. The van der Waals surface area contributed by atoms with Gasteiger partial charge in [0.25, 0.3) is 5.69 Å². The van der Waals surface area contributed by atoms with Crippen molar-refractivity contribution in [3.63, 3.8) is 0 Å². The van der Waals surface area contributed by atoms with Crippen LogP contribution in [0.1, 0.15) is 24.1 Å². The van der Waals surface area contributed by atoms with Crippen LogP contribution >= 0.6 is 0 Å². The summed E-state index contributed by atoms with van der Waals surface area (Å²) in [6.07, 6.45) is 0. The van der Waals surface area contributed by atoms with Crippen LogP contribution < -0.4 is 5.32 Å². The molecule has 0 saturated heterocycles. The van der Waals surface area contributed by atoms with Crippen molar-refractivity contribution in [2.75, 3.05) is 5.32 Å². The van der Waals surface area contributed by atoms with Gasteiger partial charge in [0.1, 0.15) is 0 Å². The Balaban J connectivity index is 2.08. The van der Waals surface area contributed by atoms with Crippen LogP contribution in [0.15, 0.2) is 48.5 Å². The number of non-ortho nitro benzene ring substituents is 1. The largest absolute Gasteiger partial charge is 0.379 e. The van der Waals surface area contributed by atoms with Gasteiger partial charge in [-0.2, -0.15) is 5.26 Å². The number of nitrogens with one attached hydrogen (secondary N) is 1. The van der Waals surface area contributed by atoms with Gasteiger partial charge >= 0.3 is 0 Å². The number of nitro benzene ring substituents is 1. The first kappa shape index (κ1) is 13.6. The van der Waals surface area contributed by atoms with Gasteiger partial charge in [0.2, 0.25) is 0 Å². The Kier molecular flexibility index (Phi) is 3.96. The topological polar surface area (TPSA) is 79.0 Å². The molecule has 0 bridgehead atoms. The van der Waals surface area contributed by atoms with E-state index in [0.717, 1.165) is 11.3 Å². The third kappa shape index (κ3) is 3.12. The summed E-state index contributed by atoms with van der Waals surface area (Å²) in [5.74, 6) is 0. The Bertz CT molecular complexity index is 642. The number of nitriles is 1. The molecule has 0 fully saturated rings. The van der Waals surface area contributed by atoms with E-state index in [1.54, 1.807) is 24.3 Å². The van der Waals surface area contributed by atoms with Crippen LogP contribution in [0.3, 0.4) is 0 Å². The van der Waals surface area contributed by atoms with Crippen molar-refractivity contribution in [2.24, 2.45) is 0 Å². The van der Waals surface area contributed by atoms with Gasteiger partial charge in [-0.05, 0) is 36.8 Å². The van der Waals surface area contributed by atoms with Crippen LogP contribution in [0.4, 0.5) is 11.4 Å². The number of benzene rings is 2. The molecule has 5 nitrogen and oxygen atoms in total. The number of hydrogen-bond acceptors (Lipinski definition) is 4. The Hall–Kier alpha value is -2.87. The van der Waals surface area contributed by atoms with E-state index in [-0.39, 0.29) is 11.7 Å². The maximum Gasteiger partial charge on any atom is 0.269 e. The molecule has 1 unspecified atom stereocenters. The van der Waals surface area contributed by atoms with Gasteiger partial charge in [0.15, 0.2) is 0 Å². The molecule has 0 spiro atoms. The Morgan fingerprint density at radius 2 is 1.75 bits per heavy atom. The summed E-state index contributed by atoms with van der Waals surface area (Å²) in [7, 11) is 0. The molecule has 100 valence electrons. The molecule has 0 aliphatic carbocycles. The summed E-state index contributed by atoms with van der Waals surface area (Å²) in [6.45, 7) is 1.99. The number of hydrogen-bond donors (Lipinski definition) is 1. The molecule has 1 atom stereocenters. The van der Waals surface area contributed by atoms with E-state index in [2.05, 4.69) is 11.4 Å². The second-order valence-electron chi connectivity index (χ2n) is 4.40. The maximum atomic E-state index is 10.6. The summed E-state index contributed by atoms with van der Waals surface area (Å²) in [6, 6.07) is 15.7. The molecule has 2 rings (SSSR count). The second-order valence-corrected chi connectivity index (χ2v) is 4.40. The molecular weight excluding hydrogens is 254 g/mol. The minimum Gasteiger partial charge on any atom is -0.379 e. The summed E-state index contributed by atoms with van der Waals surface area (Å²) in [4.78, 5) is 10.2. The smallest absolute Gasteiger partial charge is 0.269 e. The van der Waals surface area contributed by atoms with E-state index in [0.29, 0.717) is 5.56 Å². The molecule has 5 heteroatoms. The molecule has 0 heterocycles. The fourth-order valence-corrected chi connectivity index (χ4v) is 1.86. The summed E-state index contributed by atoms with van der Waals surface area (Å²) in [5.41, 5.74) is 2.55. The average molecular weight is 267 g/mol. The third-order valence-electron chi connectivity index (χ3n) is 3.00. The quantitative estimate of drug-likeness (QED) is 0.677. The Labute approximate surface area is 116 Å². The lowest BCUT2D eigenvalue weighted by Crippen LogP contribution is -2.06. The SMILES string of the molecule is CC(Nc1ccc([N+](=O)[O-])cc1)c1ccc(C#N)cc1. The lowest BCUT2D eigenvalue weighted by molar-refractivity contribution is -0.384. The molecule has 0 aliphatic heterocycles. The molecular formula is C15H13N3O2.